The molecule has 0 spiro atoms. The van der Waals surface area contributed by atoms with Gasteiger partial charge in [-0.15, -0.1) is 0 Å². The number of anilines is 2. The number of hydrogen-bond donors (Lipinski definition) is 1. The van der Waals surface area contributed by atoms with Gasteiger partial charge < -0.3 is 10.1 Å². The lowest BCUT2D eigenvalue weighted by atomic mass is 10.1. The van der Waals surface area contributed by atoms with Crippen molar-refractivity contribution >= 4 is 44.9 Å². The van der Waals surface area contributed by atoms with Gasteiger partial charge in [-0.3, -0.25) is 9.10 Å². The first-order valence-electron chi connectivity index (χ1n) is 9.00. The highest BCUT2D eigenvalue weighted by atomic mass is 35.5. The van der Waals surface area contributed by atoms with Crippen LogP contribution in [0.15, 0.2) is 48.5 Å². The Bertz CT molecular complexity index is 959. The van der Waals surface area contributed by atoms with E-state index < -0.39 is 27.9 Å². The molecule has 1 atom stereocenters. The number of esters is 1. The molecule has 29 heavy (non-hydrogen) atoms. The summed E-state index contributed by atoms with van der Waals surface area (Å²) in [4.78, 5) is 24.6. The van der Waals surface area contributed by atoms with Gasteiger partial charge in [0, 0.05) is 10.7 Å². The summed E-state index contributed by atoms with van der Waals surface area (Å²) >= 11 is 5.89. The zero-order valence-electron chi connectivity index (χ0n) is 16.4. The molecule has 0 bridgehead atoms. The van der Waals surface area contributed by atoms with Crippen LogP contribution in [0.3, 0.4) is 0 Å². The van der Waals surface area contributed by atoms with Crippen molar-refractivity contribution in [2.24, 2.45) is 0 Å². The molecule has 2 aromatic rings. The lowest BCUT2D eigenvalue weighted by Gasteiger charge is -2.30. The molecule has 0 saturated heterocycles. The maximum absolute atomic E-state index is 12.9. The van der Waals surface area contributed by atoms with Gasteiger partial charge >= 0.3 is 5.97 Å². The monoisotopic (exact) mass is 438 g/mol. The van der Waals surface area contributed by atoms with E-state index in [-0.39, 0.29) is 13.0 Å². The molecule has 156 valence electrons. The SMILES string of the molecule is CCOC(=O)c1ccc(NC(=O)C(CC)N(c2ccc(Cl)cc2)S(C)(=O)=O)cc1. The van der Waals surface area contributed by atoms with Crippen molar-refractivity contribution in [3.63, 3.8) is 0 Å². The predicted octanol–water partition coefficient (Wildman–Crippen LogP) is 3.70. The maximum Gasteiger partial charge on any atom is 0.338 e. The number of hydrogen-bond acceptors (Lipinski definition) is 5. The van der Waals surface area contributed by atoms with Crippen molar-refractivity contribution in [3.8, 4) is 0 Å². The Morgan fingerprint density at radius 3 is 2.14 bits per heavy atom. The lowest BCUT2D eigenvalue weighted by Crippen LogP contribution is -2.47. The highest BCUT2D eigenvalue weighted by Gasteiger charge is 2.31. The normalized spacial score (nSPS) is 12.1. The van der Waals surface area contributed by atoms with E-state index >= 15 is 0 Å². The van der Waals surface area contributed by atoms with Gasteiger partial charge in [0.2, 0.25) is 15.9 Å². The minimum atomic E-state index is -3.74. The summed E-state index contributed by atoms with van der Waals surface area (Å²) < 4.78 is 30.8. The summed E-state index contributed by atoms with van der Waals surface area (Å²) in [6, 6.07) is 11.4. The Balaban J connectivity index is 2.25. The standard InChI is InChI=1S/C20H23ClN2O5S/c1-4-18(23(29(3,26)27)17-12-8-15(21)9-13-17)19(24)22-16-10-6-14(7-11-16)20(25)28-5-2/h6-13,18H,4-5H2,1-3H3,(H,22,24). The van der Waals surface area contributed by atoms with Gasteiger partial charge in [0.15, 0.2) is 0 Å². The Morgan fingerprint density at radius 1 is 1.07 bits per heavy atom. The van der Waals surface area contributed by atoms with Gasteiger partial charge in [-0.05, 0) is 61.9 Å². The predicted molar refractivity (Wildman–Crippen MR) is 114 cm³/mol. The first kappa shape index (κ1) is 22.7. The minimum Gasteiger partial charge on any atom is -0.462 e. The molecule has 0 fully saturated rings. The second kappa shape index (κ2) is 9.76. The van der Waals surface area contributed by atoms with Crippen LogP contribution in [0, 0.1) is 0 Å². The molecule has 2 aromatic carbocycles. The molecule has 1 amide bonds. The van der Waals surface area contributed by atoms with E-state index in [9.17, 15) is 18.0 Å². The summed E-state index contributed by atoms with van der Waals surface area (Å²) in [6.45, 7) is 3.70. The molecule has 0 saturated carbocycles. The maximum atomic E-state index is 12.9. The fourth-order valence-corrected chi connectivity index (χ4v) is 4.12. The van der Waals surface area contributed by atoms with E-state index in [1.165, 1.54) is 12.1 Å². The quantitative estimate of drug-likeness (QED) is 0.634. The number of nitrogens with zero attached hydrogens (tertiary/aromatic N) is 1. The van der Waals surface area contributed by atoms with Crippen LogP contribution in [0.4, 0.5) is 11.4 Å². The van der Waals surface area contributed by atoms with Crippen LogP contribution in [-0.2, 0) is 19.6 Å². The fourth-order valence-electron chi connectivity index (χ4n) is 2.78. The van der Waals surface area contributed by atoms with E-state index in [0.29, 0.717) is 22.0 Å². The van der Waals surface area contributed by atoms with Crippen LogP contribution < -0.4 is 9.62 Å². The van der Waals surface area contributed by atoms with Crippen molar-refractivity contribution in [2.75, 3.05) is 22.5 Å². The highest BCUT2D eigenvalue weighted by molar-refractivity contribution is 7.92. The topological polar surface area (TPSA) is 92.8 Å². The number of benzene rings is 2. The number of halogens is 1. The molecule has 1 unspecified atom stereocenters. The summed E-state index contributed by atoms with van der Waals surface area (Å²) in [5, 5.41) is 3.16. The van der Waals surface area contributed by atoms with Crippen molar-refractivity contribution in [3.05, 3.63) is 59.1 Å². The second-order valence-electron chi connectivity index (χ2n) is 6.25. The number of carbonyl (C=O) groups is 2. The van der Waals surface area contributed by atoms with E-state index in [0.717, 1.165) is 10.6 Å². The van der Waals surface area contributed by atoms with Crippen molar-refractivity contribution in [1.29, 1.82) is 0 Å². The van der Waals surface area contributed by atoms with Gasteiger partial charge in [0.05, 0.1) is 24.1 Å². The van der Waals surface area contributed by atoms with Crippen LogP contribution >= 0.6 is 11.6 Å². The molecular weight excluding hydrogens is 416 g/mol. The zero-order chi connectivity index (χ0) is 21.6. The summed E-state index contributed by atoms with van der Waals surface area (Å²) in [5.41, 5.74) is 1.14. The number of nitrogens with one attached hydrogen (secondary N) is 1. The number of sulfonamides is 1. The van der Waals surface area contributed by atoms with Crippen molar-refractivity contribution < 1.29 is 22.7 Å². The molecule has 0 aliphatic rings. The fraction of sp³-hybridized carbons (Fsp3) is 0.300. The van der Waals surface area contributed by atoms with Crippen LogP contribution in [0.25, 0.3) is 0 Å². The molecule has 0 aliphatic carbocycles. The molecule has 0 aromatic heterocycles. The number of amides is 1. The average molecular weight is 439 g/mol. The largest absolute Gasteiger partial charge is 0.462 e. The Morgan fingerprint density at radius 2 is 1.66 bits per heavy atom. The highest BCUT2D eigenvalue weighted by Crippen LogP contribution is 2.25. The third-order valence-electron chi connectivity index (χ3n) is 4.07. The zero-order valence-corrected chi connectivity index (χ0v) is 18.0. The number of carbonyl (C=O) groups excluding carboxylic acids is 2. The van der Waals surface area contributed by atoms with Crippen LogP contribution in [0.5, 0.6) is 0 Å². The first-order valence-corrected chi connectivity index (χ1v) is 11.2. The van der Waals surface area contributed by atoms with E-state index in [1.807, 2.05) is 0 Å². The van der Waals surface area contributed by atoms with Gasteiger partial charge in [0.1, 0.15) is 6.04 Å². The summed E-state index contributed by atoms with van der Waals surface area (Å²) in [6.07, 6.45) is 1.30. The van der Waals surface area contributed by atoms with Crippen LogP contribution in [-0.4, -0.2) is 39.2 Å². The molecular formula is C20H23ClN2O5S. The molecule has 1 N–H and O–H groups in total. The summed E-state index contributed by atoms with van der Waals surface area (Å²) in [7, 11) is -3.74. The molecule has 0 radical (unpaired) electrons. The van der Waals surface area contributed by atoms with Crippen molar-refractivity contribution in [1.82, 2.24) is 0 Å². The number of ether oxygens (including phenoxy) is 1. The molecule has 2 rings (SSSR count). The second-order valence-corrected chi connectivity index (χ2v) is 8.54. The average Bonchev–Trinajstić information content (AvgIpc) is 2.66. The lowest BCUT2D eigenvalue weighted by molar-refractivity contribution is -0.117. The Hall–Kier alpha value is -2.58. The number of rotatable bonds is 8. The summed E-state index contributed by atoms with van der Waals surface area (Å²) in [5.74, 6) is -0.945. The molecule has 0 heterocycles. The van der Waals surface area contributed by atoms with Gasteiger partial charge in [-0.25, -0.2) is 13.2 Å². The van der Waals surface area contributed by atoms with Crippen LogP contribution in [0.1, 0.15) is 30.6 Å². The van der Waals surface area contributed by atoms with Crippen molar-refractivity contribution in [2.45, 2.75) is 26.3 Å². The first-order chi connectivity index (χ1) is 13.7. The van der Waals surface area contributed by atoms with E-state index in [1.54, 1.807) is 50.2 Å². The van der Waals surface area contributed by atoms with E-state index in [4.69, 9.17) is 16.3 Å². The minimum absolute atomic E-state index is 0.252. The molecule has 9 heteroatoms. The smallest absolute Gasteiger partial charge is 0.338 e. The third-order valence-corrected chi connectivity index (χ3v) is 5.51. The molecule has 0 aliphatic heterocycles. The molecule has 7 nitrogen and oxygen atoms in total. The van der Waals surface area contributed by atoms with Gasteiger partial charge in [0.25, 0.3) is 0 Å². The van der Waals surface area contributed by atoms with Crippen LogP contribution in [0.2, 0.25) is 5.02 Å². The third kappa shape index (κ3) is 5.95. The van der Waals surface area contributed by atoms with Gasteiger partial charge in [-0.2, -0.15) is 0 Å². The van der Waals surface area contributed by atoms with Gasteiger partial charge in [-0.1, -0.05) is 18.5 Å². The van der Waals surface area contributed by atoms with E-state index in [2.05, 4.69) is 5.32 Å². The Kier molecular flexibility index (Phi) is 7.64. The Labute approximate surface area is 175 Å².